The zero-order chi connectivity index (χ0) is 27.8. The summed E-state index contributed by atoms with van der Waals surface area (Å²) in [7, 11) is 0. The summed E-state index contributed by atoms with van der Waals surface area (Å²) >= 11 is 8.23. The lowest BCUT2D eigenvalue weighted by molar-refractivity contribution is 0.0967. The van der Waals surface area contributed by atoms with Crippen molar-refractivity contribution in [3.63, 3.8) is 0 Å². The van der Waals surface area contributed by atoms with E-state index in [4.69, 9.17) is 11.6 Å². The second-order valence-electron chi connectivity index (χ2n) is 10.1. The summed E-state index contributed by atoms with van der Waals surface area (Å²) < 4.78 is 0.979. The summed E-state index contributed by atoms with van der Waals surface area (Å²) in [6.07, 6.45) is 1.51. The van der Waals surface area contributed by atoms with E-state index in [9.17, 15) is 9.59 Å². The molecule has 2 amide bonds. The Morgan fingerprint density at radius 2 is 1.57 bits per heavy atom. The van der Waals surface area contributed by atoms with Gasteiger partial charge in [-0.1, -0.05) is 85.3 Å². The molecule has 0 saturated heterocycles. The molecule has 4 aromatic carbocycles. The number of carbonyl (C=O) groups excluding carboxylic acids is 2. The number of aryl methyl sites for hydroxylation is 1. The Morgan fingerprint density at radius 3 is 2.30 bits per heavy atom. The third-order valence-electron chi connectivity index (χ3n) is 7.68. The van der Waals surface area contributed by atoms with Crippen molar-refractivity contribution in [1.29, 1.82) is 0 Å². The monoisotopic (exact) mass is 564 g/mol. The number of anilines is 2. The quantitative estimate of drug-likeness (QED) is 0.214. The number of fused-ring (bicyclic) bond motifs is 2. The average molecular weight is 565 g/mol. The van der Waals surface area contributed by atoms with Gasteiger partial charge in [-0.05, 0) is 67.3 Å². The fourth-order valence-electron chi connectivity index (χ4n) is 5.65. The van der Waals surface area contributed by atoms with Crippen molar-refractivity contribution in [3.8, 4) is 0 Å². The number of carbonyl (C=O) groups is 2. The molecule has 6 heteroatoms. The van der Waals surface area contributed by atoms with E-state index in [-0.39, 0.29) is 23.9 Å². The highest BCUT2D eigenvalue weighted by atomic mass is 35.5. The van der Waals surface area contributed by atoms with E-state index in [0.717, 1.165) is 33.4 Å². The van der Waals surface area contributed by atoms with Crippen LogP contribution in [0.2, 0.25) is 5.02 Å². The number of hydrogen-bond donors (Lipinski definition) is 0. The number of amides is 2. The molecule has 0 aliphatic carbocycles. The van der Waals surface area contributed by atoms with E-state index in [1.54, 1.807) is 0 Å². The predicted octanol–water partition coefficient (Wildman–Crippen LogP) is 8.94. The van der Waals surface area contributed by atoms with Gasteiger partial charge in [-0.15, -0.1) is 11.3 Å². The Bertz CT molecular complexity index is 1700. The van der Waals surface area contributed by atoms with Crippen molar-refractivity contribution in [2.45, 2.75) is 38.8 Å². The van der Waals surface area contributed by atoms with Gasteiger partial charge in [0.25, 0.3) is 11.8 Å². The third kappa shape index (κ3) is 4.59. The molecule has 2 atom stereocenters. The molecule has 0 fully saturated rings. The minimum Gasteiger partial charge on any atom is -0.305 e. The van der Waals surface area contributed by atoms with Crippen LogP contribution in [-0.2, 0) is 6.42 Å². The van der Waals surface area contributed by atoms with Gasteiger partial charge in [0, 0.05) is 33.1 Å². The van der Waals surface area contributed by atoms with Crippen LogP contribution in [0.25, 0.3) is 10.1 Å². The standard InChI is InChI=1S/C34H29ClN2O2S/c1-3-23-17-19-24(20-18-23)33(38)36-22(2)21-29(26-13-7-9-15-28(26)36)37(25-11-5-4-6-12-25)34(39)32-31(35)27-14-8-10-16-30(27)40-32/h4-20,22,29H,3,21H2,1-2H3/t22-,29+/m1/s1. The van der Waals surface area contributed by atoms with Crippen molar-refractivity contribution >= 4 is 56.2 Å². The second kappa shape index (κ2) is 10.9. The Balaban J connectivity index is 1.45. The zero-order valence-corrected chi connectivity index (χ0v) is 24.0. The smallest absolute Gasteiger partial charge is 0.270 e. The molecule has 4 nitrogen and oxygen atoms in total. The van der Waals surface area contributed by atoms with Crippen molar-refractivity contribution in [2.75, 3.05) is 9.80 Å². The highest BCUT2D eigenvalue weighted by molar-refractivity contribution is 7.21. The van der Waals surface area contributed by atoms with E-state index in [0.29, 0.717) is 21.9 Å². The number of thiophene rings is 1. The lowest BCUT2D eigenvalue weighted by atomic mass is 9.89. The number of halogens is 1. The van der Waals surface area contributed by atoms with Gasteiger partial charge in [0.1, 0.15) is 4.88 Å². The molecule has 0 bridgehead atoms. The van der Waals surface area contributed by atoms with Gasteiger partial charge in [-0.25, -0.2) is 0 Å². The van der Waals surface area contributed by atoms with Gasteiger partial charge >= 0.3 is 0 Å². The SMILES string of the molecule is CCc1ccc(C(=O)N2c3ccccc3[C@@H](N(C(=O)c3sc4ccccc4c3Cl)c3ccccc3)C[C@H]2C)cc1. The molecule has 40 heavy (non-hydrogen) atoms. The maximum Gasteiger partial charge on any atom is 0.270 e. The van der Waals surface area contributed by atoms with Crippen molar-refractivity contribution in [1.82, 2.24) is 0 Å². The fraction of sp³-hybridized carbons (Fsp3) is 0.176. The molecular weight excluding hydrogens is 536 g/mol. The molecule has 0 unspecified atom stereocenters. The summed E-state index contributed by atoms with van der Waals surface area (Å²) in [5, 5.41) is 1.37. The molecular formula is C34H29ClN2O2S. The highest BCUT2D eigenvalue weighted by Crippen LogP contribution is 2.45. The Hall–Kier alpha value is -3.93. The Kier molecular flexibility index (Phi) is 7.18. The van der Waals surface area contributed by atoms with Gasteiger partial charge in [0.05, 0.1) is 11.1 Å². The van der Waals surface area contributed by atoms with Crippen LogP contribution in [-0.4, -0.2) is 17.9 Å². The summed E-state index contributed by atoms with van der Waals surface area (Å²) in [5.74, 6) is -0.175. The van der Waals surface area contributed by atoms with E-state index in [2.05, 4.69) is 13.8 Å². The van der Waals surface area contributed by atoms with Gasteiger partial charge in [0.2, 0.25) is 0 Å². The van der Waals surface area contributed by atoms with Crippen LogP contribution < -0.4 is 9.80 Å². The first-order valence-electron chi connectivity index (χ1n) is 13.5. The van der Waals surface area contributed by atoms with Crippen molar-refractivity contribution in [3.05, 3.63) is 130 Å². The van der Waals surface area contributed by atoms with E-state index < -0.39 is 0 Å². The largest absolute Gasteiger partial charge is 0.305 e. The van der Waals surface area contributed by atoms with Crippen LogP contribution in [0.4, 0.5) is 11.4 Å². The van der Waals surface area contributed by atoms with Gasteiger partial charge in [0.15, 0.2) is 0 Å². The molecule has 1 aliphatic heterocycles. The van der Waals surface area contributed by atoms with Gasteiger partial charge in [-0.2, -0.15) is 0 Å². The van der Waals surface area contributed by atoms with Crippen LogP contribution in [0.3, 0.4) is 0 Å². The number of hydrogen-bond acceptors (Lipinski definition) is 3. The van der Waals surface area contributed by atoms with Crippen LogP contribution in [0.5, 0.6) is 0 Å². The summed E-state index contributed by atoms with van der Waals surface area (Å²) in [4.78, 5) is 32.5. The maximum atomic E-state index is 14.4. The predicted molar refractivity (Wildman–Crippen MR) is 166 cm³/mol. The van der Waals surface area contributed by atoms with Crippen molar-refractivity contribution < 1.29 is 9.59 Å². The topological polar surface area (TPSA) is 40.6 Å². The van der Waals surface area contributed by atoms with E-state index in [1.165, 1.54) is 16.9 Å². The zero-order valence-electron chi connectivity index (χ0n) is 22.4. The van der Waals surface area contributed by atoms with Crippen molar-refractivity contribution in [2.24, 2.45) is 0 Å². The Labute approximate surface area is 243 Å². The molecule has 2 heterocycles. The molecule has 0 N–H and O–H groups in total. The molecule has 1 aliphatic rings. The molecule has 5 aromatic rings. The van der Waals surface area contributed by atoms with Crippen LogP contribution in [0.15, 0.2) is 103 Å². The van der Waals surface area contributed by atoms with Gasteiger partial charge in [-0.3, -0.25) is 14.5 Å². The molecule has 6 rings (SSSR count). The number of nitrogens with zero attached hydrogens (tertiary/aromatic N) is 2. The van der Waals surface area contributed by atoms with Crippen LogP contribution >= 0.6 is 22.9 Å². The van der Waals surface area contributed by atoms with Crippen LogP contribution in [0.1, 0.15) is 57.5 Å². The molecule has 0 spiro atoms. The molecule has 200 valence electrons. The summed E-state index contributed by atoms with van der Waals surface area (Å²) in [6, 6.07) is 32.9. The maximum absolute atomic E-state index is 14.4. The minimum atomic E-state index is -0.283. The number of benzene rings is 4. The lowest BCUT2D eigenvalue weighted by Crippen LogP contribution is -2.47. The first-order chi connectivity index (χ1) is 19.5. The van der Waals surface area contributed by atoms with Crippen LogP contribution in [0, 0.1) is 0 Å². The minimum absolute atomic E-state index is 0.0359. The molecule has 1 aromatic heterocycles. The molecule has 0 saturated carbocycles. The second-order valence-corrected chi connectivity index (χ2v) is 11.6. The van der Waals surface area contributed by atoms with Gasteiger partial charge < -0.3 is 4.90 Å². The molecule has 0 radical (unpaired) electrons. The lowest BCUT2D eigenvalue weighted by Gasteiger charge is -2.43. The third-order valence-corrected chi connectivity index (χ3v) is 9.35. The average Bonchev–Trinajstić information content (AvgIpc) is 3.34. The summed E-state index contributed by atoms with van der Waals surface area (Å²) in [5.41, 5.74) is 4.41. The number of rotatable bonds is 5. The fourth-order valence-corrected chi connectivity index (χ4v) is 7.10. The van der Waals surface area contributed by atoms with E-state index >= 15 is 0 Å². The first kappa shape index (κ1) is 26.3. The highest BCUT2D eigenvalue weighted by Gasteiger charge is 2.40. The van der Waals surface area contributed by atoms with E-state index in [1.807, 2.05) is 113 Å². The normalized spacial score (nSPS) is 16.5. The summed E-state index contributed by atoms with van der Waals surface area (Å²) in [6.45, 7) is 4.16. The Morgan fingerprint density at radius 1 is 0.900 bits per heavy atom. The number of para-hydroxylation sites is 2. The first-order valence-corrected chi connectivity index (χ1v) is 14.7.